The highest BCUT2D eigenvalue weighted by Crippen LogP contribution is 2.29. The van der Waals surface area contributed by atoms with E-state index in [4.69, 9.17) is 9.47 Å². The number of carbonyl (C=O) groups is 2. The van der Waals surface area contributed by atoms with Gasteiger partial charge in [0.25, 0.3) is 11.8 Å². The molecule has 6 heteroatoms. The van der Waals surface area contributed by atoms with Crippen molar-refractivity contribution in [2.24, 2.45) is 0 Å². The molecule has 1 aromatic rings. The lowest BCUT2D eigenvalue weighted by Gasteiger charge is -2.14. The maximum absolute atomic E-state index is 12.1. The Kier molecular flexibility index (Phi) is 6.69. The summed E-state index contributed by atoms with van der Waals surface area (Å²) in [5, 5.41) is 5.30. The maximum atomic E-state index is 12.1. The summed E-state index contributed by atoms with van der Waals surface area (Å²) in [6, 6.07) is 2.94. The molecule has 0 aliphatic heterocycles. The summed E-state index contributed by atoms with van der Waals surface area (Å²) >= 11 is 0. The van der Waals surface area contributed by atoms with Crippen LogP contribution in [-0.2, 0) is 0 Å². The fraction of sp³-hybridized carbons (Fsp3) is 0.250. The van der Waals surface area contributed by atoms with Gasteiger partial charge in [-0.25, -0.2) is 0 Å². The number of amides is 2. The lowest BCUT2D eigenvalue weighted by molar-refractivity contribution is 0.0940. The fourth-order valence-electron chi connectivity index (χ4n) is 1.77. The van der Waals surface area contributed by atoms with Crippen LogP contribution in [0, 0.1) is 0 Å². The van der Waals surface area contributed by atoms with Crippen LogP contribution in [0.3, 0.4) is 0 Å². The number of hydrogen-bond donors (Lipinski definition) is 2. The minimum Gasteiger partial charge on any atom is -0.496 e. The van der Waals surface area contributed by atoms with E-state index >= 15 is 0 Å². The van der Waals surface area contributed by atoms with Gasteiger partial charge in [-0.15, -0.1) is 13.2 Å². The number of methoxy groups -OCH3 is 2. The molecule has 2 amide bonds. The zero-order valence-electron chi connectivity index (χ0n) is 12.8. The molecule has 0 bridgehead atoms. The van der Waals surface area contributed by atoms with Crippen molar-refractivity contribution in [1.29, 1.82) is 0 Å². The molecule has 0 atom stereocenters. The van der Waals surface area contributed by atoms with Crippen LogP contribution in [0.15, 0.2) is 37.4 Å². The van der Waals surface area contributed by atoms with Gasteiger partial charge in [0, 0.05) is 13.1 Å². The van der Waals surface area contributed by atoms with Crippen molar-refractivity contribution < 1.29 is 19.1 Å². The Bertz CT molecular complexity index is 530. The van der Waals surface area contributed by atoms with E-state index in [-0.39, 0.29) is 34.4 Å². The molecule has 0 aliphatic carbocycles. The topological polar surface area (TPSA) is 76.7 Å². The number of carbonyl (C=O) groups excluding carboxylic acids is 2. The summed E-state index contributed by atoms with van der Waals surface area (Å²) in [4.78, 5) is 24.2. The van der Waals surface area contributed by atoms with Gasteiger partial charge in [0.05, 0.1) is 25.3 Å². The smallest absolute Gasteiger partial charge is 0.255 e. The molecule has 22 heavy (non-hydrogen) atoms. The molecule has 1 rings (SSSR count). The molecule has 0 aliphatic rings. The fourth-order valence-corrected chi connectivity index (χ4v) is 1.77. The minimum atomic E-state index is -0.340. The predicted molar refractivity (Wildman–Crippen MR) is 84.6 cm³/mol. The molecule has 1 aromatic carbocycles. The number of hydrogen-bond acceptors (Lipinski definition) is 4. The number of benzene rings is 1. The number of rotatable bonds is 8. The van der Waals surface area contributed by atoms with E-state index in [1.54, 1.807) is 12.2 Å². The zero-order chi connectivity index (χ0) is 16.5. The van der Waals surface area contributed by atoms with Crippen molar-refractivity contribution in [3.8, 4) is 11.5 Å². The van der Waals surface area contributed by atoms with Gasteiger partial charge in [-0.05, 0) is 12.1 Å². The van der Waals surface area contributed by atoms with Crippen LogP contribution < -0.4 is 20.1 Å². The second-order valence-corrected chi connectivity index (χ2v) is 4.25. The summed E-state index contributed by atoms with van der Waals surface area (Å²) in [6.45, 7) is 7.72. The first-order chi connectivity index (χ1) is 10.6. The van der Waals surface area contributed by atoms with Gasteiger partial charge in [-0.2, -0.15) is 0 Å². The van der Waals surface area contributed by atoms with Gasteiger partial charge in [-0.3, -0.25) is 9.59 Å². The highest BCUT2D eigenvalue weighted by atomic mass is 16.5. The monoisotopic (exact) mass is 304 g/mol. The lowest BCUT2D eigenvalue weighted by Crippen LogP contribution is -2.26. The van der Waals surface area contributed by atoms with Crippen molar-refractivity contribution >= 4 is 11.8 Å². The maximum Gasteiger partial charge on any atom is 0.255 e. The van der Waals surface area contributed by atoms with Gasteiger partial charge < -0.3 is 20.1 Å². The molecule has 0 unspecified atom stereocenters. The molecule has 6 nitrogen and oxygen atoms in total. The summed E-state index contributed by atoms with van der Waals surface area (Å²) < 4.78 is 10.4. The van der Waals surface area contributed by atoms with Gasteiger partial charge >= 0.3 is 0 Å². The van der Waals surface area contributed by atoms with Crippen molar-refractivity contribution in [2.75, 3.05) is 27.3 Å². The standard InChI is InChI=1S/C16H20N2O4/c1-5-7-17-15(19)11-9-14(22-4)12(10-13(11)21-3)16(20)18-8-6-2/h5-6,9-10H,1-2,7-8H2,3-4H3,(H,17,19)(H,18,20). The summed E-state index contributed by atoms with van der Waals surface area (Å²) in [6.07, 6.45) is 3.14. The number of ether oxygens (including phenoxy) is 2. The molecule has 0 saturated heterocycles. The molecule has 0 aromatic heterocycles. The molecule has 0 saturated carbocycles. The van der Waals surface area contributed by atoms with Crippen molar-refractivity contribution in [2.45, 2.75) is 0 Å². The Labute approximate surface area is 129 Å². The van der Waals surface area contributed by atoms with E-state index in [9.17, 15) is 9.59 Å². The Morgan fingerprint density at radius 2 is 1.32 bits per heavy atom. The Morgan fingerprint density at radius 1 is 0.955 bits per heavy atom. The van der Waals surface area contributed by atoms with Gasteiger partial charge in [0.2, 0.25) is 0 Å². The highest BCUT2D eigenvalue weighted by molar-refractivity contribution is 6.02. The molecule has 0 heterocycles. The SMILES string of the molecule is C=CCNC(=O)c1cc(OC)c(C(=O)NCC=C)cc1OC. The van der Waals surface area contributed by atoms with E-state index in [0.717, 1.165) is 0 Å². The summed E-state index contributed by atoms with van der Waals surface area (Å²) in [5.41, 5.74) is 0.558. The normalized spacial score (nSPS) is 9.55. The van der Waals surface area contributed by atoms with Gasteiger partial charge in [-0.1, -0.05) is 12.2 Å². The average Bonchev–Trinajstić information content (AvgIpc) is 2.55. The van der Waals surface area contributed by atoms with E-state index in [0.29, 0.717) is 13.1 Å². The van der Waals surface area contributed by atoms with Crippen LogP contribution in [0.5, 0.6) is 11.5 Å². The Balaban J connectivity index is 3.22. The van der Waals surface area contributed by atoms with E-state index in [1.807, 2.05) is 0 Å². The quantitative estimate of drug-likeness (QED) is 0.714. The molecular formula is C16H20N2O4. The first-order valence-corrected chi connectivity index (χ1v) is 6.63. The molecule has 0 spiro atoms. The Hall–Kier alpha value is -2.76. The second-order valence-electron chi connectivity index (χ2n) is 4.25. The molecule has 118 valence electrons. The zero-order valence-corrected chi connectivity index (χ0v) is 12.8. The summed E-state index contributed by atoms with van der Waals surface area (Å²) in [5.74, 6) is -0.113. The second kappa shape index (κ2) is 8.51. The van der Waals surface area contributed by atoms with Crippen LogP contribution in [0.4, 0.5) is 0 Å². The predicted octanol–water partition coefficient (Wildman–Crippen LogP) is 1.54. The Morgan fingerprint density at radius 3 is 1.59 bits per heavy atom. The van der Waals surface area contributed by atoms with Gasteiger partial charge in [0.1, 0.15) is 11.5 Å². The van der Waals surface area contributed by atoms with E-state index < -0.39 is 0 Å². The molecular weight excluding hydrogens is 284 g/mol. The van der Waals surface area contributed by atoms with E-state index in [2.05, 4.69) is 23.8 Å². The van der Waals surface area contributed by atoms with E-state index in [1.165, 1.54) is 26.4 Å². The average molecular weight is 304 g/mol. The lowest BCUT2D eigenvalue weighted by atomic mass is 10.1. The first-order valence-electron chi connectivity index (χ1n) is 6.63. The van der Waals surface area contributed by atoms with Gasteiger partial charge in [0.15, 0.2) is 0 Å². The van der Waals surface area contributed by atoms with Crippen LogP contribution in [-0.4, -0.2) is 39.1 Å². The molecule has 0 radical (unpaired) electrons. The summed E-state index contributed by atoms with van der Waals surface area (Å²) in [7, 11) is 2.86. The van der Waals surface area contributed by atoms with Crippen LogP contribution in [0.2, 0.25) is 0 Å². The first kappa shape index (κ1) is 17.3. The third-order valence-electron chi connectivity index (χ3n) is 2.82. The third kappa shape index (κ3) is 4.12. The van der Waals surface area contributed by atoms with Crippen LogP contribution in [0.25, 0.3) is 0 Å². The largest absolute Gasteiger partial charge is 0.496 e. The van der Waals surface area contributed by atoms with Crippen molar-refractivity contribution in [3.05, 3.63) is 48.6 Å². The van der Waals surface area contributed by atoms with Crippen LogP contribution in [0.1, 0.15) is 20.7 Å². The number of nitrogens with one attached hydrogen (secondary N) is 2. The van der Waals surface area contributed by atoms with Crippen LogP contribution >= 0.6 is 0 Å². The van der Waals surface area contributed by atoms with Crippen molar-refractivity contribution in [3.63, 3.8) is 0 Å². The third-order valence-corrected chi connectivity index (χ3v) is 2.82. The molecule has 2 N–H and O–H groups in total. The highest BCUT2D eigenvalue weighted by Gasteiger charge is 2.20. The molecule has 0 fully saturated rings. The van der Waals surface area contributed by atoms with Crippen molar-refractivity contribution in [1.82, 2.24) is 10.6 Å². The minimum absolute atomic E-state index is 0.279.